The van der Waals surface area contributed by atoms with E-state index in [4.69, 9.17) is 5.73 Å². The van der Waals surface area contributed by atoms with Gasteiger partial charge in [-0.1, -0.05) is 0 Å². The summed E-state index contributed by atoms with van der Waals surface area (Å²) in [5.74, 6) is 2.81. The van der Waals surface area contributed by atoms with Crippen molar-refractivity contribution >= 4 is 34.4 Å². The summed E-state index contributed by atoms with van der Waals surface area (Å²) in [6, 6.07) is 0.553. The van der Waals surface area contributed by atoms with Gasteiger partial charge < -0.3 is 10.6 Å². The molecule has 4 nitrogen and oxygen atoms in total. The number of anilines is 2. The summed E-state index contributed by atoms with van der Waals surface area (Å²) in [6.07, 6.45) is 1.21. The van der Waals surface area contributed by atoms with Gasteiger partial charge in [0.2, 0.25) is 11.1 Å². The van der Waals surface area contributed by atoms with Gasteiger partial charge in [0, 0.05) is 29.9 Å². The highest BCUT2D eigenvalue weighted by Gasteiger charge is 2.20. The maximum absolute atomic E-state index is 5.53. The first-order valence-electron chi connectivity index (χ1n) is 4.71. The Balaban J connectivity index is 2.14. The zero-order chi connectivity index (χ0) is 9.97. The van der Waals surface area contributed by atoms with Gasteiger partial charge in [0.25, 0.3) is 0 Å². The van der Waals surface area contributed by atoms with E-state index < -0.39 is 0 Å². The van der Waals surface area contributed by atoms with E-state index >= 15 is 0 Å². The van der Waals surface area contributed by atoms with Crippen LogP contribution in [0.4, 0.5) is 11.1 Å². The lowest BCUT2D eigenvalue weighted by atomic mass is 10.2. The molecule has 0 saturated carbocycles. The number of rotatable bonds is 1. The zero-order valence-corrected chi connectivity index (χ0v) is 9.77. The van der Waals surface area contributed by atoms with E-state index in [-0.39, 0.29) is 0 Å². The lowest BCUT2D eigenvalue weighted by molar-refractivity contribution is 0.644. The first-order chi connectivity index (χ1) is 6.77. The van der Waals surface area contributed by atoms with Crippen LogP contribution in [0.15, 0.2) is 0 Å². The predicted molar refractivity (Wildman–Crippen MR) is 63.1 cm³/mol. The largest absolute Gasteiger partial charge is 0.367 e. The van der Waals surface area contributed by atoms with Crippen LogP contribution in [0.1, 0.15) is 13.3 Å². The van der Waals surface area contributed by atoms with Crippen LogP contribution >= 0.6 is 23.3 Å². The molecule has 0 spiro atoms. The Morgan fingerprint density at radius 2 is 2.36 bits per heavy atom. The molecule has 6 heteroatoms. The van der Waals surface area contributed by atoms with E-state index in [1.54, 1.807) is 0 Å². The molecule has 14 heavy (non-hydrogen) atoms. The Hall–Kier alpha value is -0.490. The molecule has 0 amide bonds. The first kappa shape index (κ1) is 10.0. The van der Waals surface area contributed by atoms with Crippen molar-refractivity contribution in [2.75, 3.05) is 28.7 Å². The minimum absolute atomic E-state index is 0.397. The van der Waals surface area contributed by atoms with Gasteiger partial charge in [-0.05, 0) is 19.1 Å². The van der Waals surface area contributed by atoms with Crippen molar-refractivity contribution < 1.29 is 0 Å². The molecule has 1 aromatic heterocycles. The average molecular weight is 230 g/mol. The number of thioether (sulfide) groups is 1. The Labute approximate surface area is 92.1 Å². The predicted octanol–water partition coefficient (Wildman–Crippen LogP) is 1.45. The van der Waals surface area contributed by atoms with Gasteiger partial charge in [0.1, 0.15) is 0 Å². The molecule has 1 atom stereocenters. The average Bonchev–Trinajstić information content (AvgIpc) is 2.46. The Bertz CT molecular complexity index is 301. The lowest BCUT2D eigenvalue weighted by Crippen LogP contribution is -2.33. The molecule has 78 valence electrons. The number of hydrogen-bond acceptors (Lipinski definition) is 6. The molecule has 2 heterocycles. The highest BCUT2D eigenvalue weighted by Crippen LogP contribution is 2.25. The second-order valence-corrected chi connectivity index (χ2v) is 5.33. The van der Waals surface area contributed by atoms with E-state index in [1.165, 1.54) is 29.5 Å². The second-order valence-electron chi connectivity index (χ2n) is 3.38. The van der Waals surface area contributed by atoms with Gasteiger partial charge >= 0.3 is 0 Å². The molecular formula is C8H14N4S2. The Morgan fingerprint density at radius 1 is 1.50 bits per heavy atom. The molecule has 1 unspecified atom stereocenters. The number of nitrogen functional groups attached to an aromatic ring is 1. The Morgan fingerprint density at radius 3 is 3.07 bits per heavy atom. The van der Waals surface area contributed by atoms with Crippen LogP contribution in [0.5, 0.6) is 0 Å². The molecule has 0 radical (unpaired) electrons. The van der Waals surface area contributed by atoms with Gasteiger partial charge in [-0.15, -0.1) is 0 Å². The minimum atomic E-state index is 0.397. The van der Waals surface area contributed by atoms with Crippen molar-refractivity contribution in [3.05, 3.63) is 0 Å². The van der Waals surface area contributed by atoms with Crippen molar-refractivity contribution in [3.8, 4) is 0 Å². The highest BCUT2D eigenvalue weighted by atomic mass is 32.2. The monoisotopic (exact) mass is 230 g/mol. The minimum Gasteiger partial charge on any atom is -0.367 e. The number of aromatic nitrogens is 2. The summed E-state index contributed by atoms with van der Waals surface area (Å²) in [6.45, 7) is 3.30. The number of hydrogen-bond donors (Lipinski definition) is 1. The summed E-state index contributed by atoms with van der Waals surface area (Å²) in [7, 11) is 0. The molecule has 1 aliphatic heterocycles. The molecule has 2 rings (SSSR count). The van der Waals surface area contributed by atoms with E-state index in [9.17, 15) is 0 Å². The van der Waals surface area contributed by atoms with Crippen molar-refractivity contribution in [1.29, 1.82) is 0 Å². The maximum atomic E-state index is 5.53. The number of nitrogens with two attached hydrogens (primary N) is 1. The third-order valence-corrected chi connectivity index (χ3v) is 4.13. The molecule has 1 fully saturated rings. The molecule has 1 aliphatic rings. The summed E-state index contributed by atoms with van der Waals surface area (Å²) in [4.78, 5) is 6.54. The van der Waals surface area contributed by atoms with Gasteiger partial charge in [-0.25, -0.2) is 0 Å². The second kappa shape index (κ2) is 4.35. The van der Waals surface area contributed by atoms with Crippen molar-refractivity contribution in [2.45, 2.75) is 19.4 Å². The number of nitrogens with zero attached hydrogens (tertiary/aromatic N) is 3. The molecule has 1 saturated heterocycles. The first-order valence-corrected chi connectivity index (χ1v) is 6.64. The van der Waals surface area contributed by atoms with Crippen LogP contribution in [0, 0.1) is 0 Å². The fourth-order valence-electron chi connectivity index (χ4n) is 1.52. The van der Waals surface area contributed by atoms with Gasteiger partial charge in [0.05, 0.1) is 0 Å². The smallest absolute Gasteiger partial charge is 0.233 e. The molecule has 0 aromatic carbocycles. The van der Waals surface area contributed by atoms with E-state index in [1.807, 2.05) is 11.8 Å². The van der Waals surface area contributed by atoms with Crippen LogP contribution in [0.25, 0.3) is 0 Å². The molecule has 2 N–H and O–H groups in total. The van der Waals surface area contributed by atoms with Gasteiger partial charge in [-0.2, -0.15) is 21.1 Å². The third-order valence-electron chi connectivity index (χ3n) is 2.37. The normalized spacial score (nSPS) is 23.5. The van der Waals surface area contributed by atoms with Crippen molar-refractivity contribution in [2.24, 2.45) is 0 Å². The maximum Gasteiger partial charge on any atom is 0.233 e. The van der Waals surface area contributed by atoms with Crippen LogP contribution in [-0.4, -0.2) is 33.4 Å². The van der Waals surface area contributed by atoms with Gasteiger partial charge in [0.15, 0.2) is 0 Å². The standard InChI is InChI=1S/C8H14N4S2/c1-6-2-4-13-5-3-12(6)8-10-7(9)11-14-8/h6H,2-5H2,1H3,(H2,9,11). The van der Waals surface area contributed by atoms with E-state index in [0.29, 0.717) is 12.0 Å². The molecule has 0 aliphatic carbocycles. The van der Waals surface area contributed by atoms with Crippen molar-refractivity contribution in [1.82, 2.24) is 9.36 Å². The Kier molecular flexibility index (Phi) is 3.12. The van der Waals surface area contributed by atoms with Crippen LogP contribution < -0.4 is 10.6 Å². The third kappa shape index (κ3) is 2.12. The fraction of sp³-hybridized carbons (Fsp3) is 0.750. The highest BCUT2D eigenvalue weighted by molar-refractivity contribution is 7.99. The summed E-state index contributed by atoms with van der Waals surface area (Å²) in [5, 5.41) is 0.970. The van der Waals surface area contributed by atoms with Crippen LogP contribution in [0.3, 0.4) is 0 Å². The summed E-state index contributed by atoms with van der Waals surface area (Å²) in [5.41, 5.74) is 5.53. The summed E-state index contributed by atoms with van der Waals surface area (Å²) >= 11 is 3.41. The SMILES string of the molecule is CC1CCSCCN1c1nc(N)ns1. The zero-order valence-electron chi connectivity index (χ0n) is 8.14. The van der Waals surface area contributed by atoms with Gasteiger partial charge in [-0.3, -0.25) is 0 Å². The van der Waals surface area contributed by atoms with Crippen molar-refractivity contribution in [3.63, 3.8) is 0 Å². The van der Waals surface area contributed by atoms with Crippen LogP contribution in [-0.2, 0) is 0 Å². The van der Waals surface area contributed by atoms with Crippen LogP contribution in [0.2, 0.25) is 0 Å². The fourth-order valence-corrected chi connectivity index (χ4v) is 3.29. The topological polar surface area (TPSA) is 55.0 Å². The molecule has 1 aromatic rings. The quantitative estimate of drug-likeness (QED) is 0.791. The molecular weight excluding hydrogens is 216 g/mol. The van der Waals surface area contributed by atoms with E-state index in [0.717, 1.165) is 11.7 Å². The molecule has 0 bridgehead atoms. The van der Waals surface area contributed by atoms with E-state index in [2.05, 4.69) is 21.2 Å². The summed E-state index contributed by atoms with van der Waals surface area (Å²) < 4.78 is 4.02. The lowest BCUT2D eigenvalue weighted by Gasteiger charge is -2.25.